The highest BCUT2D eigenvalue weighted by Gasteiger charge is 2.33. The van der Waals surface area contributed by atoms with Crippen LogP contribution in [-0.2, 0) is 10.3 Å². The molecule has 0 radical (unpaired) electrons. The molecule has 0 amide bonds. The number of benzene rings is 1. The fourth-order valence-electron chi connectivity index (χ4n) is 1.93. The molecule has 1 aromatic rings. The van der Waals surface area contributed by atoms with E-state index in [-0.39, 0.29) is 15.6 Å². The van der Waals surface area contributed by atoms with Crippen molar-refractivity contribution < 1.29 is 14.2 Å². The fraction of sp³-hybridized carbons (Fsp3) is 0.385. The summed E-state index contributed by atoms with van der Waals surface area (Å²) in [4.78, 5) is 0. The number of hydrogen-bond acceptors (Lipinski definition) is 2. The minimum Gasteiger partial charge on any atom is -0.495 e. The van der Waals surface area contributed by atoms with Crippen molar-refractivity contribution in [3.63, 3.8) is 0 Å². The van der Waals surface area contributed by atoms with Crippen molar-refractivity contribution in [1.82, 2.24) is 0 Å². The van der Waals surface area contributed by atoms with E-state index in [1.165, 1.54) is 13.0 Å². The minimum atomic E-state index is -1.46. The van der Waals surface area contributed by atoms with E-state index in [0.717, 1.165) is 18.9 Å². The van der Waals surface area contributed by atoms with E-state index in [1.807, 2.05) is 0 Å². The molecule has 0 aliphatic carbocycles. The van der Waals surface area contributed by atoms with Crippen molar-refractivity contribution in [2.45, 2.75) is 25.4 Å². The lowest BCUT2D eigenvalue weighted by atomic mass is 9.92. The molecule has 98 valence electrons. The van der Waals surface area contributed by atoms with Gasteiger partial charge in [-0.3, -0.25) is 0 Å². The first kappa shape index (κ1) is 13.7. The second-order valence-electron chi connectivity index (χ2n) is 4.38. The normalized spacial score (nSPS) is 18.8. The van der Waals surface area contributed by atoms with Gasteiger partial charge >= 0.3 is 0 Å². The standard InChI is InChI=1S/C13H13Cl2FO2/c1-13(17,12-4-2-3-5-18-12)8-6-11(16)10(15)7-9(8)14/h4,6-7,17H,2-3,5H2,1H3. The summed E-state index contributed by atoms with van der Waals surface area (Å²) in [5.41, 5.74) is -1.21. The third kappa shape index (κ3) is 2.48. The van der Waals surface area contributed by atoms with Crippen molar-refractivity contribution in [2.24, 2.45) is 0 Å². The van der Waals surface area contributed by atoms with Gasteiger partial charge in [-0.25, -0.2) is 4.39 Å². The first-order chi connectivity index (χ1) is 8.43. The first-order valence-corrected chi connectivity index (χ1v) is 6.39. The van der Waals surface area contributed by atoms with Crippen LogP contribution < -0.4 is 0 Å². The molecule has 1 aliphatic heterocycles. The molecule has 1 aliphatic rings. The smallest absolute Gasteiger partial charge is 0.145 e. The minimum absolute atomic E-state index is 0.0712. The molecule has 0 spiro atoms. The highest BCUT2D eigenvalue weighted by Crippen LogP contribution is 2.38. The van der Waals surface area contributed by atoms with Crippen LogP contribution in [-0.4, -0.2) is 11.7 Å². The van der Waals surface area contributed by atoms with E-state index in [4.69, 9.17) is 27.9 Å². The number of allylic oxidation sites excluding steroid dienone is 1. The molecule has 1 heterocycles. The zero-order chi connectivity index (χ0) is 13.3. The SMILES string of the molecule is CC(O)(C1=CCCCO1)c1cc(F)c(Cl)cc1Cl. The molecule has 1 unspecified atom stereocenters. The van der Waals surface area contributed by atoms with E-state index >= 15 is 0 Å². The van der Waals surface area contributed by atoms with E-state index in [9.17, 15) is 9.50 Å². The molecule has 18 heavy (non-hydrogen) atoms. The number of aliphatic hydroxyl groups is 1. The largest absolute Gasteiger partial charge is 0.495 e. The Morgan fingerprint density at radius 3 is 2.67 bits per heavy atom. The van der Waals surface area contributed by atoms with Gasteiger partial charge in [-0.2, -0.15) is 0 Å². The quantitative estimate of drug-likeness (QED) is 0.833. The van der Waals surface area contributed by atoms with Crippen molar-refractivity contribution in [3.05, 3.63) is 45.4 Å². The topological polar surface area (TPSA) is 29.5 Å². The Labute approximate surface area is 115 Å². The molecule has 1 atom stereocenters. The van der Waals surface area contributed by atoms with Crippen LogP contribution in [0, 0.1) is 5.82 Å². The van der Waals surface area contributed by atoms with E-state index in [0.29, 0.717) is 12.4 Å². The van der Waals surface area contributed by atoms with Crippen LogP contribution in [0.2, 0.25) is 10.0 Å². The molecule has 0 saturated carbocycles. The molecular weight excluding hydrogens is 278 g/mol. The van der Waals surface area contributed by atoms with Gasteiger partial charge in [0.2, 0.25) is 0 Å². The molecule has 0 aromatic heterocycles. The summed E-state index contributed by atoms with van der Waals surface area (Å²) in [6.45, 7) is 2.06. The van der Waals surface area contributed by atoms with Gasteiger partial charge in [-0.15, -0.1) is 0 Å². The van der Waals surface area contributed by atoms with Crippen LogP contribution in [0.3, 0.4) is 0 Å². The molecule has 1 aromatic carbocycles. The lowest BCUT2D eigenvalue weighted by Gasteiger charge is -2.30. The summed E-state index contributed by atoms with van der Waals surface area (Å²) >= 11 is 11.6. The van der Waals surface area contributed by atoms with Crippen molar-refractivity contribution in [3.8, 4) is 0 Å². The molecule has 5 heteroatoms. The Morgan fingerprint density at radius 1 is 1.33 bits per heavy atom. The molecular formula is C13H13Cl2FO2. The van der Waals surface area contributed by atoms with Gasteiger partial charge < -0.3 is 9.84 Å². The average Bonchev–Trinajstić information content (AvgIpc) is 2.34. The Balaban J connectivity index is 2.46. The van der Waals surface area contributed by atoms with Crippen LogP contribution >= 0.6 is 23.2 Å². The Bertz CT molecular complexity index is 498. The zero-order valence-corrected chi connectivity index (χ0v) is 11.4. The van der Waals surface area contributed by atoms with Crippen LogP contribution in [0.1, 0.15) is 25.3 Å². The van der Waals surface area contributed by atoms with Gasteiger partial charge in [0, 0.05) is 10.6 Å². The maximum absolute atomic E-state index is 13.5. The van der Waals surface area contributed by atoms with Crippen LogP contribution in [0.25, 0.3) is 0 Å². The second kappa shape index (κ2) is 5.08. The van der Waals surface area contributed by atoms with Crippen molar-refractivity contribution in [1.29, 1.82) is 0 Å². The molecule has 1 N–H and O–H groups in total. The highest BCUT2D eigenvalue weighted by atomic mass is 35.5. The van der Waals surface area contributed by atoms with Gasteiger partial charge in [-0.05, 0) is 38.0 Å². The summed E-state index contributed by atoms with van der Waals surface area (Å²) < 4.78 is 18.9. The number of ether oxygens (including phenoxy) is 1. The predicted octanol–water partition coefficient (Wildman–Crippen LogP) is 4.03. The van der Waals surface area contributed by atoms with Crippen LogP contribution in [0.15, 0.2) is 24.0 Å². The van der Waals surface area contributed by atoms with Gasteiger partial charge in [0.05, 0.1) is 11.6 Å². The fourth-order valence-corrected chi connectivity index (χ4v) is 2.49. The van der Waals surface area contributed by atoms with E-state index in [1.54, 1.807) is 6.08 Å². The Kier molecular flexibility index (Phi) is 3.85. The monoisotopic (exact) mass is 290 g/mol. The maximum atomic E-state index is 13.5. The van der Waals surface area contributed by atoms with E-state index in [2.05, 4.69) is 0 Å². The molecule has 2 rings (SSSR count). The number of hydrogen-bond donors (Lipinski definition) is 1. The van der Waals surface area contributed by atoms with Crippen LogP contribution in [0.4, 0.5) is 4.39 Å². The third-order valence-electron chi connectivity index (χ3n) is 2.95. The number of halogens is 3. The molecule has 0 fully saturated rings. The summed E-state index contributed by atoms with van der Waals surface area (Å²) in [5, 5.41) is 10.7. The van der Waals surface area contributed by atoms with Gasteiger partial charge in [0.15, 0.2) is 0 Å². The lowest BCUT2D eigenvalue weighted by Crippen LogP contribution is -2.28. The second-order valence-corrected chi connectivity index (χ2v) is 5.19. The Morgan fingerprint density at radius 2 is 2.06 bits per heavy atom. The predicted molar refractivity (Wildman–Crippen MR) is 69.3 cm³/mol. The maximum Gasteiger partial charge on any atom is 0.145 e. The van der Waals surface area contributed by atoms with E-state index < -0.39 is 11.4 Å². The summed E-state index contributed by atoms with van der Waals surface area (Å²) in [6.07, 6.45) is 3.52. The third-order valence-corrected chi connectivity index (χ3v) is 3.55. The molecule has 0 saturated heterocycles. The zero-order valence-electron chi connectivity index (χ0n) is 9.84. The number of rotatable bonds is 2. The van der Waals surface area contributed by atoms with Crippen LogP contribution in [0.5, 0.6) is 0 Å². The van der Waals surface area contributed by atoms with Gasteiger partial charge in [0.1, 0.15) is 17.2 Å². The average molecular weight is 291 g/mol. The summed E-state index contributed by atoms with van der Waals surface area (Å²) in [7, 11) is 0. The van der Waals surface area contributed by atoms with Crippen molar-refractivity contribution in [2.75, 3.05) is 6.61 Å². The summed E-state index contributed by atoms with van der Waals surface area (Å²) in [5.74, 6) is -0.217. The van der Waals surface area contributed by atoms with Gasteiger partial charge in [0.25, 0.3) is 0 Å². The highest BCUT2D eigenvalue weighted by molar-refractivity contribution is 6.35. The molecule has 0 bridgehead atoms. The first-order valence-electron chi connectivity index (χ1n) is 5.63. The Hall–Kier alpha value is -0.770. The lowest BCUT2D eigenvalue weighted by molar-refractivity contribution is 0.0149. The van der Waals surface area contributed by atoms with Gasteiger partial charge in [-0.1, -0.05) is 23.2 Å². The summed E-state index contributed by atoms with van der Waals surface area (Å²) in [6, 6.07) is 2.43. The molecule has 2 nitrogen and oxygen atoms in total. The van der Waals surface area contributed by atoms with Crippen molar-refractivity contribution >= 4 is 23.2 Å².